The smallest absolute Gasteiger partial charge is 0.233 e. The van der Waals surface area contributed by atoms with Crippen LogP contribution >= 0.6 is 15.9 Å². The summed E-state index contributed by atoms with van der Waals surface area (Å²) in [6.45, 7) is 4.17. The van der Waals surface area contributed by atoms with E-state index in [0.717, 1.165) is 41.7 Å². The summed E-state index contributed by atoms with van der Waals surface area (Å²) in [7, 11) is 1.65. The number of nitrogens with one attached hydrogen (secondary N) is 2. The Labute approximate surface area is 128 Å². The summed E-state index contributed by atoms with van der Waals surface area (Å²) >= 11 is 3.49. The van der Waals surface area contributed by atoms with Gasteiger partial charge in [0, 0.05) is 17.3 Å². The molecule has 1 aromatic rings. The van der Waals surface area contributed by atoms with Gasteiger partial charge in [-0.15, -0.1) is 0 Å². The first kappa shape index (κ1) is 15.5. The third-order valence-electron chi connectivity index (χ3n) is 3.98. The molecule has 1 aromatic carbocycles. The highest BCUT2D eigenvalue weighted by Gasteiger charge is 2.39. The molecule has 2 N–H and O–H groups in total. The molecule has 0 saturated carbocycles. The van der Waals surface area contributed by atoms with Crippen molar-refractivity contribution in [2.24, 2.45) is 5.41 Å². The molecule has 1 fully saturated rings. The zero-order valence-electron chi connectivity index (χ0n) is 12.0. The maximum Gasteiger partial charge on any atom is 0.233 e. The Morgan fingerprint density at radius 2 is 2.15 bits per heavy atom. The molecule has 1 heterocycles. The van der Waals surface area contributed by atoms with Crippen molar-refractivity contribution in [2.45, 2.75) is 19.8 Å². The lowest BCUT2D eigenvalue weighted by molar-refractivity contribution is -0.130. The van der Waals surface area contributed by atoms with E-state index in [9.17, 15) is 4.79 Å². The Hall–Kier alpha value is -0.910. The third-order valence-corrected chi connectivity index (χ3v) is 4.84. The van der Waals surface area contributed by atoms with Crippen molar-refractivity contribution in [3.05, 3.63) is 28.2 Å². The van der Waals surface area contributed by atoms with Gasteiger partial charge < -0.3 is 15.4 Å². The fourth-order valence-electron chi connectivity index (χ4n) is 2.62. The highest BCUT2D eigenvalue weighted by Crippen LogP contribution is 2.32. The van der Waals surface area contributed by atoms with Gasteiger partial charge in [-0.1, -0.05) is 22.0 Å². The predicted molar refractivity (Wildman–Crippen MR) is 83.9 cm³/mol. The monoisotopic (exact) mass is 340 g/mol. The maximum absolute atomic E-state index is 12.7. The fraction of sp³-hybridized carbons (Fsp3) is 0.533. The number of anilines is 1. The minimum Gasteiger partial charge on any atom is -0.384 e. The van der Waals surface area contributed by atoms with Crippen molar-refractivity contribution in [2.75, 3.05) is 32.1 Å². The lowest BCUT2D eigenvalue weighted by Gasteiger charge is -2.35. The van der Waals surface area contributed by atoms with Crippen molar-refractivity contribution in [3.8, 4) is 0 Å². The van der Waals surface area contributed by atoms with Crippen LogP contribution in [-0.4, -0.2) is 32.7 Å². The third kappa shape index (κ3) is 3.22. The lowest BCUT2D eigenvalue weighted by atomic mass is 9.78. The Morgan fingerprint density at radius 3 is 2.80 bits per heavy atom. The highest BCUT2D eigenvalue weighted by atomic mass is 79.9. The van der Waals surface area contributed by atoms with Crippen molar-refractivity contribution in [1.82, 2.24) is 5.32 Å². The highest BCUT2D eigenvalue weighted by molar-refractivity contribution is 9.10. The zero-order chi connectivity index (χ0) is 14.6. The Morgan fingerprint density at radius 1 is 1.45 bits per heavy atom. The number of piperidine rings is 1. The first-order valence-electron chi connectivity index (χ1n) is 6.85. The molecule has 20 heavy (non-hydrogen) atoms. The number of benzene rings is 1. The summed E-state index contributed by atoms with van der Waals surface area (Å²) < 4.78 is 6.30. The van der Waals surface area contributed by atoms with Crippen molar-refractivity contribution < 1.29 is 9.53 Å². The van der Waals surface area contributed by atoms with Crippen LogP contribution in [0.1, 0.15) is 18.4 Å². The molecule has 0 radical (unpaired) electrons. The number of amides is 1. The van der Waals surface area contributed by atoms with Crippen LogP contribution in [0.5, 0.6) is 0 Å². The first-order valence-corrected chi connectivity index (χ1v) is 7.64. The second kappa shape index (κ2) is 6.70. The molecule has 2 rings (SSSR count). The van der Waals surface area contributed by atoms with Crippen LogP contribution in [0.4, 0.5) is 5.69 Å². The number of carbonyl (C=O) groups excluding carboxylic acids is 1. The summed E-state index contributed by atoms with van der Waals surface area (Å²) in [5.41, 5.74) is 1.48. The average Bonchev–Trinajstić information content (AvgIpc) is 2.45. The number of hydrogen-bond acceptors (Lipinski definition) is 3. The minimum atomic E-state index is -0.422. The molecule has 110 valence electrons. The maximum atomic E-state index is 12.7. The number of carbonyl (C=O) groups is 1. The SMILES string of the molecule is COCC1(C(=O)Nc2cccc(Br)c2C)CCNCC1. The summed E-state index contributed by atoms with van der Waals surface area (Å²) in [5, 5.41) is 6.36. The molecular weight excluding hydrogens is 320 g/mol. The first-order chi connectivity index (χ1) is 9.59. The molecular formula is C15H21BrN2O2. The lowest BCUT2D eigenvalue weighted by Crippen LogP contribution is -2.47. The standard InChI is InChI=1S/C15H21BrN2O2/c1-11-12(16)4-3-5-13(11)18-14(19)15(10-20-2)6-8-17-9-7-15/h3-5,17H,6-10H2,1-2H3,(H,18,19). The fourth-order valence-corrected chi connectivity index (χ4v) is 2.98. The summed E-state index contributed by atoms with van der Waals surface area (Å²) in [5.74, 6) is 0.0575. The van der Waals surface area contributed by atoms with E-state index < -0.39 is 5.41 Å². The molecule has 0 bridgehead atoms. The van der Waals surface area contributed by atoms with Gasteiger partial charge in [-0.05, 0) is 50.6 Å². The van der Waals surface area contributed by atoms with Crippen LogP contribution in [0.2, 0.25) is 0 Å². The molecule has 1 amide bonds. The largest absolute Gasteiger partial charge is 0.384 e. The van der Waals surface area contributed by atoms with Crippen LogP contribution < -0.4 is 10.6 Å². The van der Waals surface area contributed by atoms with Gasteiger partial charge in [0.2, 0.25) is 5.91 Å². The Kier molecular flexibility index (Phi) is 5.18. The van der Waals surface area contributed by atoms with E-state index in [1.807, 2.05) is 25.1 Å². The summed E-state index contributed by atoms with van der Waals surface area (Å²) in [6.07, 6.45) is 1.61. The second-order valence-electron chi connectivity index (χ2n) is 5.33. The number of rotatable bonds is 4. The minimum absolute atomic E-state index is 0.0575. The molecule has 0 aromatic heterocycles. The number of halogens is 1. The normalized spacial score (nSPS) is 17.8. The van der Waals surface area contributed by atoms with Gasteiger partial charge in [0.25, 0.3) is 0 Å². The number of ether oxygens (including phenoxy) is 1. The van der Waals surface area contributed by atoms with Gasteiger partial charge in [-0.2, -0.15) is 0 Å². The van der Waals surface area contributed by atoms with Crippen molar-refractivity contribution in [3.63, 3.8) is 0 Å². The summed E-state index contributed by atoms with van der Waals surface area (Å²) in [6, 6.07) is 5.83. The van der Waals surface area contributed by atoms with Gasteiger partial charge in [0.1, 0.15) is 0 Å². The van der Waals surface area contributed by atoms with E-state index in [-0.39, 0.29) is 5.91 Å². The van der Waals surface area contributed by atoms with Crippen LogP contribution in [0, 0.1) is 12.3 Å². The molecule has 0 spiro atoms. The quantitative estimate of drug-likeness (QED) is 0.885. The van der Waals surface area contributed by atoms with Gasteiger partial charge in [0.15, 0.2) is 0 Å². The Bertz CT molecular complexity index is 479. The molecule has 0 atom stereocenters. The van der Waals surface area contributed by atoms with Gasteiger partial charge in [0.05, 0.1) is 12.0 Å². The Balaban J connectivity index is 2.18. The molecule has 1 saturated heterocycles. The molecule has 0 aliphatic carbocycles. The van der Waals surface area contributed by atoms with E-state index in [4.69, 9.17) is 4.74 Å². The zero-order valence-corrected chi connectivity index (χ0v) is 13.5. The topological polar surface area (TPSA) is 50.4 Å². The van der Waals surface area contributed by atoms with E-state index in [1.165, 1.54) is 0 Å². The van der Waals surface area contributed by atoms with Crippen LogP contribution in [-0.2, 0) is 9.53 Å². The van der Waals surface area contributed by atoms with E-state index in [2.05, 4.69) is 26.6 Å². The molecule has 4 nitrogen and oxygen atoms in total. The van der Waals surface area contributed by atoms with Crippen LogP contribution in [0.3, 0.4) is 0 Å². The number of hydrogen-bond donors (Lipinski definition) is 2. The molecule has 1 aliphatic rings. The van der Waals surface area contributed by atoms with E-state index in [0.29, 0.717) is 6.61 Å². The molecule has 0 unspecified atom stereocenters. The molecule has 5 heteroatoms. The van der Waals surface area contributed by atoms with Crippen LogP contribution in [0.15, 0.2) is 22.7 Å². The van der Waals surface area contributed by atoms with Gasteiger partial charge >= 0.3 is 0 Å². The average molecular weight is 341 g/mol. The van der Waals surface area contributed by atoms with E-state index >= 15 is 0 Å². The molecule has 1 aliphatic heterocycles. The van der Waals surface area contributed by atoms with E-state index in [1.54, 1.807) is 7.11 Å². The predicted octanol–water partition coefficient (Wildman–Crippen LogP) is 2.71. The van der Waals surface area contributed by atoms with Gasteiger partial charge in [-0.3, -0.25) is 4.79 Å². The van der Waals surface area contributed by atoms with Crippen LogP contribution in [0.25, 0.3) is 0 Å². The van der Waals surface area contributed by atoms with Crippen molar-refractivity contribution in [1.29, 1.82) is 0 Å². The number of methoxy groups -OCH3 is 1. The second-order valence-corrected chi connectivity index (χ2v) is 6.18. The summed E-state index contributed by atoms with van der Waals surface area (Å²) in [4.78, 5) is 12.7. The van der Waals surface area contributed by atoms with Gasteiger partial charge in [-0.25, -0.2) is 0 Å². The van der Waals surface area contributed by atoms with Crippen molar-refractivity contribution >= 4 is 27.5 Å².